The number of esters is 1. The summed E-state index contributed by atoms with van der Waals surface area (Å²) in [6.07, 6.45) is 5.05. The van der Waals surface area contributed by atoms with Gasteiger partial charge in [-0.1, -0.05) is 26.2 Å². The lowest BCUT2D eigenvalue weighted by Gasteiger charge is -2.09. The van der Waals surface area contributed by atoms with Gasteiger partial charge in [0.2, 0.25) is 0 Å². The summed E-state index contributed by atoms with van der Waals surface area (Å²) in [6, 6.07) is -0.457. The summed E-state index contributed by atoms with van der Waals surface area (Å²) < 4.78 is 4.82. The summed E-state index contributed by atoms with van der Waals surface area (Å²) in [4.78, 5) is 11.1. The van der Waals surface area contributed by atoms with E-state index in [9.17, 15) is 4.79 Å². The molecule has 0 saturated carbocycles. The molecule has 2 N–H and O–H groups in total. The van der Waals surface area contributed by atoms with Crippen LogP contribution in [-0.4, -0.2) is 30.1 Å². The molecule has 0 aliphatic rings. The highest BCUT2D eigenvalue weighted by Gasteiger charge is 2.13. The molecule has 0 amide bonds. The van der Waals surface area contributed by atoms with E-state index in [1.54, 1.807) is 18.7 Å². The van der Waals surface area contributed by atoms with Crippen LogP contribution in [0.3, 0.4) is 0 Å². The number of unbranched alkanes of at least 4 members (excludes halogenated alkanes) is 3. The van der Waals surface area contributed by atoms with E-state index in [-0.39, 0.29) is 5.97 Å². The lowest BCUT2D eigenvalue weighted by atomic mass is 10.2. The standard InChI is InChI=1S/C11H23NO2S/c1-3-5-6-7-8-15-9-10(12)11(13)14-4-2/h10H,3-9,12H2,1-2H3. The number of rotatable bonds is 9. The van der Waals surface area contributed by atoms with Crippen LogP contribution in [-0.2, 0) is 9.53 Å². The molecular formula is C11H23NO2S. The SMILES string of the molecule is CCCCCCSCC(N)C(=O)OCC. The third-order valence-corrected chi connectivity index (χ3v) is 3.20. The fourth-order valence-corrected chi connectivity index (χ4v) is 2.12. The molecule has 0 aliphatic carbocycles. The molecule has 0 aliphatic heterocycles. The number of hydrogen-bond acceptors (Lipinski definition) is 4. The highest BCUT2D eigenvalue weighted by Crippen LogP contribution is 2.08. The van der Waals surface area contributed by atoms with Crippen LogP contribution in [0.15, 0.2) is 0 Å². The Hall–Kier alpha value is -0.220. The molecule has 15 heavy (non-hydrogen) atoms. The summed E-state index contributed by atoms with van der Waals surface area (Å²) in [6.45, 7) is 4.40. The maximum atomic E-state index is 11.1. The molecule has 0 spiro atoms. The molecular weight excluding hydrogens is 210 g/mol. The van der Waals surface area contributed by atoms with Gasteiger partial charge in [0.05, 0.1) is 6.61 Å². The van der Waals surface area contributed by atoms with Crippen LogP contribution in [0.2, 0.25) is 0 Å². The van der Waals surface area contributed by atoms with E-state index < -0.39 is 6.04 Å². The maximum Gasteiger partial charge on any atom is 0.323 e. The third kappa shape index (κ3) is 8.75. The molecule has 1 unspecified atom stereocenters. The van der Waals surface area contributed by atoms with Crippen molar-refractivity contribution in [1.29, 1.82) is 0 Å². The number of nitrogens with two attached hydrogens (primary N) is 1. The first-order valence-corrected chi connectivity index (χ1v) is 6.87. The second-order valence-corrected chi connectivity index (χ2v) is 4.64. The molecule has 0 aromatic carbocycles. The lowest BCUT2D eigenvalue weighted by molar-refractivity contribution is -0.144. The first-order valence-electron chi connectivity index (χ1n) is 5.72. The Morgan fingerprint density at radius 1 is 1.33 bits per heavy atom. The first-order chi connectivity index (χ1) is 7.22. The highest BCUT2D eigenvalue weighted by atomic mass is 32.2. The van der Waals surface area contributed by atoms with Crippen LogP contribution in [0, 0.1) is 0 Å². The number of carbonyl (C=O) groups is 1. The van der Waals surface area contributed by atoms with E-state index >= 15 is 0 Å². The Morgan fingerprint density at radius 2 is 2.07 bits per heavy atom. The minimum atomic E-state index is -0.457. The molecule has 90 valence electrons. The predicted molar refractivity (Wildman–Crippen MR) is 66.1 cm³/mol. The van der Waals surface area contributed by atoms with E-state index in [4.69, 9.17) is 10.5 Å². The molecule has 0 rings (SSSR count). The lowest BCUT2D eigenvalue weighted by Crippen LogP contribution is -2.34. The van der Waals surface area contributed by atoms with Crippen molar-refractivity contribution in [1.82, 2.24) is 0 Å². The second kappa shape index (κ2) is 10.3. The Bertz CT molecular complexity index is 165. The monoisotopic (exact) mass is 233 g/mol. The summed E-state index contributed by atoms with van der Waals surface area (Å²) in [7, 11) is 0. The van der Waals surface area contributed by atoms with E-state index in [0.717, 1.165) is 5.75 Å². The van der Waals surface area contributed by atoms with Gasteiger partial charge in [0.15, 0.2) is 0 Å². The molecule has 4 heteroatoms. The Morgan fingerprint density at radius 3 is 2.67 bits per heavy atom. The largest absolute Gasteiger partial charge is 0.465 e. The van der Waals surface area contributed by atoms with Gasteiger partial charge in [-0.3, -0.25) is 4.79 Å². The van der Waals surface area contributed by atoms with Gasteiger partial charge in [-0.15, -0.1) is 0 Å². The number of ether oxygens (including phenoxy) is 1. The van der Waals surface area contributed by atoms with Gasteiger partial charge in [-0.25, -0.2) is 0 Å². The zero-order valence-corrected chi connectivity index (χ0v) is 10.6. The zero-order chi connectivity index (χ0) is 11.5. The van der Waals surface area contributed by atoms with Crippen molar-refractivity contribution in [3.8, 4) is 0 Å². The van der Waals surface area contributed by atoms with E-state index in [1.165, 1.54) is 25.7 Å². The average molecular weight is 233 g/mol. The van der Waals surface area contributed by atoms with Gasteiger partial charge in [0.1, 0.15) is 6.04 Å². The van der Waals surface area contributed by atoms with Crippen LogP contribution >= 0.6 is 11.8 Å². The predicted octanol–water partition coefficient (Wildman–Crippen LogP) is 2.19. The van der Waals surface area contributed by atoms with Crippen molar-refractivity contribution in [3.05, 3.63) is 0 Å². The van der Waals surface area contributed by atoms with Gasteiger partial charge in [-0.05, 0) is 19.1 Å². The average Bonchev–Trinajstić information content (AvgIpc) is 2.23. The van der Waals surface area contributed by atoms with Crippen molar-refractivity contribution in [2.24, 2.45) is 5.73 Å². The molecule has 0 fully saturated rings. The van der Waals surface area contributed by atoms with Gasteiger partial charge >= 0.3 is 5.97 Å². The van der Waals surface area contributed by atoms with E-state index in [0.29, 0.717) is 12.4 Å². The van der Waals surface area contributed by atoms with Crippen LogP contribution in [0.25, 0.3) is 0 Å². The van der Waals surface area contributed by atoms with E-state index in [2.05, 4.69) is 6.92 Å². The maximum absolute atomic E-state index is 11.1. The van der Waals surface area contributed by atoms with Crippen molar-refractivity contribution in [3.63, 3.8) is 0 Å². The van der Waals surface area contributed by atoms with Gasteiger partial charge in [0.25, 0.3) is 0 Å². The van der Waals surface area contributed by atoms with Gasteiger partial charge in [0, 0.05) is 5.75 Å². The Balaban J connectivity index is 3.30. The fraction of sp³-hybridized carbons (Fsp3) is 0.909. The molecule has 3 nitrogen and oxygen atoms in total. The van der Waals surface area contributed by atoms with Gasteiger partial charge < -0.3 is 10.5 Å². The summed E-state index contributed by atoms with van der Waals surface area (Å²) >= 11 is 1.74. The molecule has 0 radical (unpaired) electrons. The van der Waals surface area contributed by atoms with Crippen molar-refractivity contribution < 1.29 is 9.53 Å². The molecule has 0 aromatic rings. The van der Waals surface area contributed by atoms with E-state index in [1.807, 2.05) is 0 Å². The summed E-state index contributed by atoms with van der Waals surface area (Å²) in [5.41, 5.74) is 5.65. The topological polar surface area (TPSA) is 52.3 Å². The zero-order valence-electron chi connectivity index (χ0n) is 9.83. The van der Waals surface area contributed by atoms with Crippen LogP contribution in [0.1, 0.15) is 39.5 Å². The Labute approximate surface area is 97.1 Å². The second-order valence-electron chi connectivity index (χ2n) is 3.49. The van der Waals surface area contributed by atoms with Crippen molar-refractivity contribution in [2.45, 2.75) is 45.6 Å². The normalized spacial score (nSPS) is 12.5. The molecule has 0 heterocycles. The van der Waals surface area contributed by atoms with Gasteiger partial charge in [-0.2, -0.15) is 11.8 Å². The quantitative estimate of drug-likeness (QED) is 0.490. The summed E-state index contributed by atoms with van der Waals surface area (Å²) in [5, 5.41) is 0. The minimum Gasteiger partial charge on any atom is -0.465 e. The highest BCUT2D eigenvalue weighted by molar-refractivity contribution is 7.99. The number of thioether (sulfide) groups is 1. The van der Waals surface area contributed by atoms with Crippen LogP contribution in [0.5, 0.6) is 0 Å². The fourth-order valence-electron chi connectivity index (χ4n) is 1.16. The van der Waals surface area contributed by atoms with Crippen molar-refractivity contribution in [2.75, 3.05) is 18.1 Å². The number of hydrogen-bond donors (Lipinski definition) is 1. The molecule has 0 saturated heterocycles. The Kier molecular flexibility index (Phi) is 10.2. The molecule has 0 aromatic heterocycles. The first kappa shape index (κ1) is 14.8. The van der Waals surface area contributed by atoms with Crippen LogP contribution in [0.4, 0.5) is 0 Å². The third-order valence-electron chi connectivity index (χ3n) is 2.03. The minimum absolute atomic E-state index is 0.279. The number of carbonyl (C=O) groups excluding carboxylic acids is 1. The molecule has 1 atom stereocenters. The molecule has 0 bridgehead atoms. The smallest absolute Gasteiger partial charge is 0.323 e. The van der Waals surface area contributed by atoms with Crippen LogP contribution < -0.4 is 5.73 Å². The van der Waals surface area contributed by atoms with Crippen molar-refractivity contribution >= 4 is 17.7 Å². The summed E-state index contributed by atoms with van der Waals surface area (Å²) in [5.74, 6) is 1.48.